The van der Waals surface area contributed by atoms with Crippen molar-refractivity contribution < 1.29 is 9.59 Å². The lowest BCUT2D eigenvalue weighted by Crippen LogP contribution is -2.40. The van der Waals surface area contributed by atoms with Crippen molar-refractivity contribution in [1.82, 2.24) is 9.80 Å². The summed E-state index contributed by atoms with van der Waals surface area (Å²) in [6.07, 6.45) is 3.33. The summed E-state index contributed by atoms with van der Waals surface area (Å²) in [5, 5.41) is 0. The summed E-state index contributed by atoms with van der Waals surface area (Å²) < 4.78 is 0. The van der Waals surface area contributed by atoms with Gasteiger partial charge in [0.1, 0.15) is 0 Å². The van der Waals surface area contributed by atoms with Gasteiger partial charge in [0.2, 0.25) is 11.8 Å². The summed E-state index contributed by atoms with van der Waals surface area (Å²) in [4.78, 5) is 29.6. The van der Waals surface area contributed by atoms with Crippen LogP contribution >= 0.6 is 11.3 Å². The minimum Gasteiger partial charge on any atom is -0.342 e. The number of thiophene rings is 1. The third kappa shape index (κ3) is 5.29. The lowest BCUT2D eigenvalue weighted by Gasteiger charge is -2.22. The second-order valence-corrected chi connectivity index (χ2v) is 6.78. The first kappa shape index (κ1) is 18.9. The highest BCUT2D eigenvalue weighted by atomic mass is 32.1. The van der Waals surface area contributed by atoms with Crippen molar-refractivity contribution in [2.75, 3.05) is 26.7 Å². The van der Waals surface area contributed by atoms with Gasteiger partial charge in [0.15, 0.2) is 0 Å². The van der Waals surface area contributed by atoms with Gasteiger partial charge in [-0.3, -0.25) is 9.59 Å². The molecule has 0 N–H and O–H groups in total. The number of hydrogen-bond donors (Lipinski definition) is 0. The maximum atomic E-state index is 12.2. The average Bonchev–Trinajstić information content (AvgIpc) is 3.10. The van der Waals surface area contributed by atoms with Gasteiger partial charge in [-0.15, -0.1) is 11.3 Å². The molecular weight excluding hydrogens is 332 g/mol. The molecule has 0 bridgehead atoms. The largest absolute Gasteiger partial charge is 0.342 e. The van der Waals surface area contributed by atoms with Crippen LogP contribution < -0.4 is 0 Å². The molecular formula is C20H24N2O2S. The normalized spacial score (nSPS) is 10.8. The van der Waals surface area contributed by atoms with Crippen molar-refractivity contribution in [2.45, 2.75) is 13.8 Å². The summed E-state index contributed by atoms with van der Waals surface area (Å²) >= 11 is 1.63. The number of likely N-dealkylation sites (N-methyl/N-ethyl adjacent to an activating group) is 2. The molecule has 1 heterocycles. The second kappa shape index (κ2) is 9.18. The standard InChI is InChI=1S/C20H24N2O2S/c1-4-22(5-2)20(24)15-21(3)19(23)14-12-17-11-13-18(25-17)16-9-7-6-8-10-16/h6-14H,4-5,15H2,1-3H3/b14-12+. The van der Waals surface area contributed by atoms with E-state index in [1.165, 1.54) is 16.5 Å². The molecule has 0 aliphatic heterocycles. The zero-order valence-corrected chi connectivity index (χ0v) is 15.8. The SMILES string of the molecule is CCN(CC)C(=O)CN(C)C(=O)/C=C/c1ccc(-c2ccccc2)s1. The predicted octanol–water partition coefficient (Wildman–Crippen LogP) is 3.76. The number of amides is 2. The molecule has 25 heavy (non-hydrogen) atoms. The molecule has 0 aliphatic carbocycles. The van der Waals surface area contributed by atoms with Crippen molar-refractivity contribution in [3.8, 4) is 10.4 Å². The van der Waals surface area contributed by atoms with Crippen LogP contribution in [-0.4, -0.2) is 48.3 Å². The van der Waals surface area contributed by atoms with E-state index in [1.54, 1.807) is 29.4 Å². The zero-order chi connectivity index (χ0) is 18.2. The van der Waals surface area contributed by atoms with E-state index in [9.17, 15) is 9.59 Å². The molecule has 0 fully saturated rings. The van der Waals surface area contributed by atoms with Gasteiger partial charge in [0.05, 0.1) is 6.54 Å². The first-order valence-electron chi connectivity index (χ1n) is 8.41. The van der Waals surface area contributed by atoms with Gasteiger partial charge in [0, 0.05) is 36.0 Å². The Hall–Kier alpha value is -2.40. The molecule has 0 radical (unpaired) electrons. The Morgan fingerprint density at radius 2 is 1.72 bits per heavy atom. The van der Waals surface area contributed by atoms with Crippen molar-refractivity contribution >= 4 is 29.2 Å². The Morgan fingerprint density at radius 3 is 2.36 bits per heavy atom. The van der Waals surface area contributed by atoms with Gasteiger partial charge in [-0.2, -0.15) is 0 Å². The van der Waals surface area contributed by atoms with Crippen molar-refractivity contribution in [1.29, 1.82) is 0 Å². The number of rotatable bonds is 7. The minimum absolute atomic E-state index is 0.0308. The molecule has 0 aliphatic rings. The van der Waals surface area contributed by atoms with Gasteiger partial charge in [-0.1, -0.05) is 30.3 Å². The van der Waals surface area contributed by atoms with Gasteiger partial charge in [0.25, 0.3) is 0 Å². The van der Waals surface area contributed by atoms with Crippen LogP contribution in [0.2, 0.25) is 0 Å². The molecule has 132 valence electrons. The van der Waals surface area contributed by atoms with E-state index in [-0.39, 0.29) is 18.4 Å². The highest BCUT2D eigenvalue weighted by molar-refractivity contribution is 7.16. The predicted molar refractivity (Wildman–Crippen MR) is 104 cm³/mol. The van der Waals surface area contributed by atoms with Crippen LogP contribution in [0.3, 0.4) is 0 Å². The van der Waals surface area contributed by atoms with Crippen LogP contribution in [0.5, 0.6) is 0 Å². The molecule has 0 atom stereocenters. The topological polar surface area (TPSA) is 40.6 Å². The molecule has 4 nitrogen and oxygen atoms in total. The number of benzene rings is 1. The monoisotopic (exact) mass is 356 g/mol. The molecule has 1 aromatic carbocycles. The second-order valence-electron chi connectivity index (χ2n) is 5.66. The van der Waals surface area contributed by atoms with Crippen molar-refractivity contribution in [2.24, 2.45) is 0 Å². The summed E-state index contributed by atoms with van der Waals surface area (Å²) in [5.74, 6) is -0.202. The van der Waals surface area contributed by atoms with Gasteiger partial charge in [-0.05, 0) is 37.6 Å². The van der Waals surface area contributed by atoms with E-state index in [0.29, 0.717) is 13.1 Å². The Labute approximate surface area is 153 Å². The fourth-order valence-corrected chi connectivity index (χ4v) is 3.35. The van der Waals surface area contributed by atoms with Gasteiger partial charge < -0.3 is 9.80 Å². The van der Waals surface area contributed by atoms with E-state index in [1.807, 2.05) is 38.1 Å². The maximum Gasteiger partial charge on any atom is 0.246 e. The summed E-state index contributed by atoms with van der Waals surface area (Å²) in [6, 6.07) is 14.2. The molecule has 0 saturated heterocycles. The fourth-order valence-electron chi connectivity index (χ4n) is 2.44. The Balaban J connectivity index is 1.96. The van der Waals surface area contributed by atoms with Crippen LogP contribution in [0.4, 0.5) is 0 Å². The zero-order valence-electron chi connectivity index (χ0n) is 14.9. The smallest absolute Gasteiger partial charge is 0.246 e. The van der Waals surface area contributed by atoms with Crippen LogP contribution in [0.15, 0.2) is 48.5 Å². The number of nitrogens with zero attached hydrogens (tertiary/aromatic N) is 2. The summed E-state index contributed by atoms with van der Waals surface area (Å²) in [6.45, 7) is 5.29. The van der Waals surface area contributed by atoms with Gasteiger partial charge >= 0.3 is 0 Å². The lowest BCUT2D eigenvalue weighted by molar-refractivity contribution is -0.136. The van der Waals surface area contributed by atoms with Crippen LogP contribution in [0, 0.1) is 0 Å². The number of carbonyl (C=O) groups excluding carboxylic acids is 2. The molecule has 2 aromatic rings. The average molecular weight is 356 g/mol. The Kier molecular flexibility index (Phi) is 6.95. The van der Waals surface area contributed by atoms with Crippen LogP contribution in [0.25, 0.3) is 16.5 Å². The molecule has 1 aromatic heterocycles. The highest BCUT2D eigenvalue weighted by Gasteiger charge is 2.14. The third-order valence-corrected chi connectivity index (χ3v) is 5.04. The molecule has 0 spiro atoms. The lowest BCUT2D eigenvalue weighted by atomic mass is 10.2. The quantitative estimate of drug-likeness (QED) is 0.709. The summed E-state index contributed by atoms with van der Waals surface area (Å²) in [5.41, 5.74) is 1.17. The fraction of sp³-hybridized carbons (Fsp3) is 0.300. The third-order valence-electron chi connectivity index (χ3n) is 3.94. The van der Waals surface area contributed by atoms with E-state index in [4.69, 9.17) is 0 Å². The van der Waals surface area contributed by atoms with E-state index in [0.717, 1.165) is 9.75 Å². The van der Waals surface area contributed by atoms with Crippen molar-refractivity contribution in [3.05, 3.63) is 53.4 Å². The van der Waals surface area contributed by atoms with E-state index < -0.39 is 0 Å². The minimum atomic E-state index is -0.171. The molecule has 2 rings (SSSR count). The Morgan fingerprint density at radius 1 is 1.04 bits per heavy atom. The molecule has 2 amide bonds. The number of carbonyl (C=O) groups is 2. The van der Waals surface area contributed by atoms with Gasteiger partial charge in [-0.25, -0.2) is 0 Å². The Bertz CT molecular complexity index is 733. The number of hydrogen-bond acceptors (Lipinski definition) is 3. The van der Waals surface area contributed by atoms with E-state index in [2.05, 4.69) is 18.2 Å². The van der Waals surface area contributed by atoms with Crippen LogP contribution in [0.1, 0.15) is 18.7 Å². The molecule has 5 heteroatoms. The molecule has 0 saturated carbocycles. The summed E-state index contributed by atoms with van der Waals surface area (Å²) in [7, 11) is 1.65. The first-order chi connectivity index (χ1) is 12.0. The maximum absolute atomic E-state index is 12.2. The van der Waals surface area contributed by atoms with Crippen LogP contribution in [-0.2, 0) is 9.59 Å². The van der Waals surface area contributed by atoms with E-state index >= 15 is 0 Å². The first-order valence-corrected chi connectivity index (χ1v) is 9.23. The highest BCUT2D eigenvalue weighted by Crippen LogP contribution is 2.28. The molecule has 0 unspecified atom stereocenters. The van der Waals surface area contributed by atoms with Crippen molar-refractivity contribution in [3.63, 3.8) is 0 Å².